The van der Waals surface area contributed by atoms with E-state index < -0.39 is 0 Å². The van der Waals surface area contributed by atoms with Gasteiger partial charge in [0.25, 0.3) is 0 Å². The summed E-state index contributed by atoms with van der Waals surface area (Å²) < 4.78 is 22.5. The number of ether oxygens (including phenoxy) is 4. The van der Waals surface area contributed by atoms with Crippen molar-refractivity contribution in [1.82, 2.24) is 0 Å². The van der Waals surface area contributed by atoms with Gasteiger partial charge in [-0.3, -0.25) is 0 Å². The van der Waals surface area contributed by atoms with E-state index in [2.05, 4.69) is 41.5 Å². The molecule has 0 saturated carbocycles. The average molecular weight is 431 g/mol. The highest BCUT2D eigenvalue weighted by Gasteiger charge is 2.04. The molecule has 0 aliphatic heterocycles. The van der Waals surface area contributed by atoms with Gasteiger partial charge in [-0.2, -0.15) is 0 Å². The van der Waals surface area contributed by atoms with Crippen LogP contribution < -0.4 is 0 Å². The quantitative estimate of drug-likeness (QED) is 0.168. The Kier molecular flexibility index (Phi) is 21.9. The molecule has 0 spiro atoms. The predicted molar refractivity (Wildman–Crippen MR) is 128 cm³/mol. The zero-order valence-corrected chi connectivity index (χ0v) is 21.3. The largest absolute Gasteiger partial charge is 0.379 e. The Morgan fingerprint density at radius 2 is 0.667 bits per heavy atom. The molecular weight excluding hydrogens is 376 g/mol. The highest BCUT2D eigenvalue weighted by Crippen LogP contribution is 2.16. The second kappa shape index (κ2) is 22.0. The van der Waals surface area contributed by atoms with E-state index in [4.69, 9.17) is 18.9 Å². The highest BCUT2D eigenvalue weighted by molar-refractivity contribution is 4.56. The molecule has 0 N–H and O–H groups in total. The third-order valence-corrected chi connectivity index (χ3v) is 5.58. The first-order valence-electron chi connectivity index (χ1n) is 12.7. The Balaban J connectivity index is 3.19. The predicted octanol–water partition coefficient (Wildman–Crippen LogP) is 6.76. The van der Waals surface area contributed by atoms with Crippen molar-refractivity contribution in [2.45, 2.75) is 92.9 Å². The van der Waals surface area contributed by atoms with Crippen LogP contribution in [0.3, 0.4) is 0 Å². The summed E-state index contributed by atoms with van der Waals surface area (Å²) in [7, 11) is 0. The first-order valence-corrected chi connectivity index (χ1v) is 12.7. The zero-order chi connectivity index (χ0) is 22.5. The molecule has 0 aromatic rings. The van der Waals surface area contributed by atoms with Crippen molar-refractivity contribution in [3.05, 3.63) is 0 Å². The van der Waals surface area contributed by atoms with Crippen molar-refractivity contribution in [1.29, 1.82) is 0 Å². The van der Waals surface area contributed by atoms with Crippen molar-refractivity contribution in [3.63, 3.8) is 0 Å². The van der Waals surface area contributed by atoms with Gasteiger partial charge < -0.3 is 18.9 Å². The molecule has 0 amide bonds. The molecule has 0 radical (unpaired) electrons. The van der Waals surface area contributed by atoms with Crippen molar-refractivity contribution in [2.75, 3.05) is 52.9 Å². The van der Waals surface area contributed by atoms with Gasteiger partial charge in [-0.05, 0) is 36.5 Å². The fraction of sp³-hybridized carbons (Fsp3) is 1.00. The maximum absolute atomic E-state index is 5.67. The Morgan fingerprint density at radius 1 is 0.367 bits per heavy atom. The summed E-state index contributed by atoms with van der Waals surface area (Å²) in [6, 6.07) is 0. The van der Waals surface area contributed by atoms with Gasteiger partial charge in [0.2, 0.25) is 0 Å². The Hall–Kier alpha value is -0.160. The summed E-state index contributed by atoms with van der Waals surface area (Å²) >= 11 is 0. The lowest BCUT2D eigenvalue weighted by atomic mass is 9.98. The summed E-state index contributed by atoms with van der Waals surface area (Å²) in [6.07, 6.45) is 10.3. The van der Waals surface area contributed by atoms with E-state index in [1.54, 1.807) is 0 Å². The molecule has 0 aliphatic rings. The lowest BCUT2D eigenvalue weighted by Gasteiger charge is -2.13. The molecule has 0 bridgehead atoms. The van der Waals surface area contributed by atoms with E-state index in [0.717, 1.165) is 49.7 Å². The van der Waals surface area contributed by atoms with Crippen LogP contribution >= 0.6 is 0 Å². The lowest BCUT2D eigenvalue weighted by molar-refractivity contribution is -0.00404. The first-order chi connectivity index (χ1) is 14.4. The van der Waals surface area contributed by atoms with Crippen molar-refractivity contribution < 1.29 is 18.9 Å². The summed E-state index contributed by atoms with van der Waals surface area (Å²) in [5.41, 5.74) is 0. The number of hydrogen-bond acceptors (Lipinski definition) is 4. The summed E-state index contributed by atoms with van der Waals surface area (Å²) in [6.45, 7) is 19.4. The fourth-order valence-corrected chi connectivity index (χ4v) is 3.37. The van der Waals surface area contributed by atoms with Crippen LogP contribution in [0.15, 0.2) is 0 Å². The molecule has 0 aromatic heterocycles. The molecule has 182 valence electrons. The summed E-state index contributed by atoms with van der Waals surface area (Å²) in [5, 5.41) is 0. The number of hydrogen-bond donors (Lipinski definition) is 0. The highest BCUT2D eigenvalue weighted by atomic mass is 16.6. The van der Waals surface area contributed by atoms with Crippen LogP contribution in [0.2, 0.25) is 0 Å². The average Bonchev–Trinajstić information content (AvgIpc) is 2.67. The van der Waals surface area contributed by atoms with E-state index >= 15 is 0 Å². The second-order valence-corrected chi connectivity index (χ2v) is 9.89. The van der Waals surface area contributed by atoms with Crippen molar-refractivity contribution >= 4 is 0 Å². The molecule has 0 heterocycles. The van der Waals surface area contributed by atoms with Crippen molar-refractivity contribution in [3.8, 4) is 0 Å². The summed E-state index contributed by atoms with van der Waals surface area (Å²) in [5.74, 6) is 3.15. The fourth-order valence-electron chi connectivity index (χ4n) is 3.37. The molecule has 4 heteroatoms. The number of rotatable bonds is 23. The molecule has 0 aliphatic carbocycles. The molecule has 2 unspecified atom stereocenters. The van der Waals surface area contributed by atoms with Gasteiger partial charge in [-0.1, -0.05) is 80.1 Å². The minimum absolute atomic E-state index is 0.627. The van der Waals surface area contributed by atoms with Crippen molar-refractivity contribution in [2.24, 2.45) is 23.7 Å². The van der Waals surface area contributed by atoms with Crippen LogP contribution in [0.1, 0.15) is 92.9 Å². The standard InChI is InChI=1S/C26H54O4/c1-23(2)9-7-11-25(5)13-15-27-17-19-29-21-22-30-20-18-28-16-14-26(6)12-8-10-24(3)4/h23-26H,7-22H2,1-6H3. The maximum atomic E-state index is 5.67. The maximum Gasteiger partial charge on any atom is 0.0701 e. The van der Waals surface area contributed by atoms with Crippen LogP contribution in [0.4, 0.5) is 0 Å². The lowest BCUT2D eigenvalue weighted by Crippen LogP contribution is -2.13. The molecule has 2 atom stereocenters. The molecule has 0 rings (SSSR count). The zero-order valence-electron chi connectivity index (χ0n) is 21.3. The van der Waals surface area contributed by atoms with Gasteiger partial charge in [0.05, 0.1) is 39.6 Å². The van der Waals surface area contributed by atoms with Crippen LogP contribution in [0, 0.1) is 23.7 Å². The smallest absolute Gasteiger partial charge is 0.0701 e. The van der Waals surface area contributed by atoms with Crippen LogP contribution in [0.25, 0.3) is 0 Å². The Labute approximate surface area is 188 Å². The van der Waals surface area contributed by atoms with Gasteiger partial charge in [-0.15, -0.1) is 0 Å². The Morgan fingerprint density at radius 3 is 0.967 bits per heavy atom. The third kappa shape index (κ3) is 24.1. The SMILES string of the molecule is CC(C)CCCC(C)CCOCCOCCOCCOCCC(C)CCCC(C)C. The van der Waals surface area contributed by atoms with Gasteiger partial charge in [0, 0.05) is 13.2 Å². The van der Waals surface area contributed by atoms with Crippen LogP contribution in [-0.4, -0.2) is 52.9 Å². The minimum Gasteiger partial charge on any atom is -0.379 e. The van der Waals surface area contributed by atoms with E-state index in [1.807, 2.05) is 0 Å². The molecular formula is C26H54O4. The molecule has 0 saturated heterocycles. The molecule has 0 aromatic carbocycles. The third-order valence-electron chi connectivity index (χ3n) is 5.58. The topological polar surface area (TPSA) is 36.9 Å². The van der Waals surface area contributed by atoms with Crippen LogP contribution in [-0.2, 0) is 18.9 Å². The second-order valence-electron chi connectivity index (χ2n) is 9.89. The van der Waals surface area contributed by atoms with Gasteiger partial charge in [0.15, 0.2) is 0 Å². The minimum atomic E-state index is 0.627. The first kappa shape index (κ1) is 29.8. The van der Waals surface area contributed by atoms with E-state index in [1.165, 1.54) is 38.5 Å². The van der Waals surface area contributed by atoms with Gasteiger partial charge in [0.1, 0.15) is 0 Å². The van der Waals surface area contributed by atoms with Gasteiger partial charge in [-0.25, -0.2) is 0 Å². The van der Waals surface area contributed by atoms with E-state index in [0.29, 0.717) is 39.6 Å². The normalized spacial score (nSPS) is 14.0. The monoisotopic (exact) mass is 430 g/mol. The van der Waals surface area contributed by atoms with E-state index in [-0.39, 0.29) is 0 Å². The van der Waals surface area contributed by atoms with E-state index in [9.17, 15) is 0 Å². The van der Waals surface area contributed by atoms with Crippen LogP contribution in [0.5, 0.6) is 0 Å². The molecule has 4 nitrogen and oxygen atoms in total. The molecule has 30 heavy (non-hydrogen) atoms. The molecule has 0 fully saturated rings. The Bertz CT molecular complexity index is 301. The van der Waals surface area contributed by atoms with Gasteiger partial charge >= 0.3 is 0 Å². The summed E-state index contributed by atoms with van der Waals surface area (Å²) in [4.78, 5) is 0.